The van der Waals surface area contributed by atoms with Gasteiger partial charge in [-0.1, -0.05) is 18.2 Å². The van der Waals surface area contributed by atoms with E-state index in [4.69, 9.17) is 10.5 Å². The fourth-order valence-electron chi connectivity index (χ4n) is 2.10. The third kappa shape index (κ3) is 2.53. The molecule has 0 saturated heterocycles. The van der Waals surface area contributed by atoms with Gasteiger partial charge in [0, 0.05) is 24.8 Å². The number of para-hydroxylation sites is 2. The average Bonchev–Trinajstić information content (AvgIpc) is 2.46. The second kappa shape index (κ2) is 5.71. The Hall–Kier alpha value is -2.07. The lowest BCUT2D eigenvalue weighted by molar-refractivity contribution is 0.415. The van der Waals surface area contributed by atoms with E-state index in [2.05, 4.69) is 0 Å². The number of nitrogens with zero attached hydrogens (tertiary/aromatic N) is 1. The van der Waals surface area contributed by atoms with E-state index in [9.17, 15) is 4.39 Å². The van der Waals surface area contributed by atoms with Crippen molar-refractivity contribution in [2.75, 3.05) is 19.1 Å². The molecule has 2 aromatic carbocycles. The predicted molar refractivity (Wildman–Crippen MR) is 75.3 cm³/mol. The maximum atomic E-state index is 13.8. The summed E-state index contributed by atoms with van der Waals surface area (Å²) >= 11 is 0. The molecule has 0 aliphatic rings. The number of methoxy groups -OCH3 is 1. The van der Waals surface area contributed by atoms with Crippen LogP contribution in [0, 0.1) is 5.82 Å². The van der Waals surface area contributed by atoms with Crippen molar-refractivity contribution in [3.63, 3.8) is 0 Å². The molecule has 2 aromatic rings. The maximum Gasteiger partial charge on any atom is 0.142 e. The van der Waals surface area contributed by atoms with E-state index in [1.807, 2.05) is 42.3 Å². The van der Waals surface area contributed by atoms with Crippen LogP contribution in [-0.4, -0.2) is 14.2 Å². The zero-order valence-electron chi connectivity index (χ0n) is 11.1. The Morgan fingerprint density at radius 3 is 2.47 bits per heavy atom. The predicted octanol–water partition coefficient (Wildman–Crippen LogP) is 3.06. The third-order valence-corrected chi connectivity index (χ3v) is 3.11. The van der Waals surface area contributed by atoms with E-state index in [1.165, 1.54) is 6.07 Å². The highest BCUT2D eigenvalue weighted by Gasteiger charge is 2.14. The fraction of sp³-hybridized carbons (Fsp3) is 0.200. The molecule has 0 aliphatic carbocycles. The van der Waals surface area contributed by atoms with Gasteiger partial charge in [-0.3, -0.25) is 0 Å². The molecule has 0 bridgehead atoms. The van der Waals surface area contributed by atoms with E-state index >= 15 is 0 Å². The van der Waals surface area contributed by atoms with Crippen molar-refractivity contribution in [2.45, 2.75) is 6.54 Å². The summed E-state index contributed by atoms with van der Waals surface area (Å²) in [6, 6.07) is 12.5. The number of ether oxygens (including phenoxy) is 1. The maximum absolute atomic E-state index is 13.8. The van der Waals surface area contributed by atoms with Crippen LogP contribution in [0.25, 0.3) is 0 Å². The van der Waals surface area contributed by atoms with Crippen LogP contribution in [0.4, 0.5) is 15.8 Å². The molecule has 100 valence electrons. The molecule has 3 nitrogen and oxygen atoms in total. The summed E-state index contributed by atoms with van der Waals surface area (Å²) in [6.45, 7) is 0.154. The summed E-state index contributed by atoms with van der Waals surface area (Å²) in [5.41, 5.74) is 7.74. The van der Waals surface area contributed by atoms with Gasteiger partial charge in [-0.2, -0.15) is 0 Å². The number of hydrogen-bond donors (Lipinski definition) is 1. The van der Waals surface area contributed by atoms with E-state index in [1.54, 1.807) is 13.2 Å². The third-order valence-electron chi connectivity index (χ3n) is 3.11. The zero-order chi connectivity index (χ0) is 13.8. The molecule has 0 atom stereocenters. The van der Waals surface area contributed by atoms with E-state index < -0.39 is 0 Å². The van der Waals surface area contributed by atoms with Gasteiger partial charge in [-0.05, 0) is 24.3 Å². The van der Waals surface area contributed by atoms with Crippen LogP contribution in [-0.2, 0) is 6.54 Å². The molecule has 4 heteroatoms. The van der Waals surface area contributed by atoms with E-state index in [-0.39, 0.29) is 12.4 Å². The number of benzene rings is 2. The lowest BCUT2D eigenvalue weighted by atomic mass is 10.1. The fourth-order valence-corrected chi connectivity index (χ4v) is 2.10. The number of halogens is 1. The molecule has 0 heterocycles. The van der Waals surface area contributed by atoms with E-state index in [0.29, 0.717) is 5.56 Å². The molecule has 0 saturated carbocycles. The van der Waals surface area contributed by atoms with Gasteiger partial charge in [-0.15, -0.1) is 0 Å². The van der Waals surface area contributed by atoms with Crippen molar-refractivity contribution in [1.29, 1.82) is 0 Å². The number of rotatable bonds is 4. The monoisotopic (exact) mass is 260 g/mol. The van der Waals surface area contributed by atoms with Gasteiger partial charge in [0.1, 0.15) is 11.6 Å². The Morgan fingerprint density at radius 2 is 1.79 bits per heavy atom. The summed E-state index contributed by atoms with van der Waals surface area (Å²) in [5.74, 6) is 0.444. The van der Waals surface area contributed by atoms with Gasteiger partial charge in [0.25, 0.3) is 0 Å². The topological polar surface area (TPSA) is 38.5 Å². The van der Waals surface area contributed by atoms with Crippen molar-refractivity contribution in [2.24, 2.45) is 5.73 Å². The lowest BCUT2D eigenvalue weighted by Crippen LogP contribution is -2.15. The second-order valence-electron chi connectivity index (χ2n) is 4.17. The molecule has 0 amide bonds. The van der Waals surface area contributed by atoms with Gasteiger partial charge in [0.05, 0.1) is 12.8 Å². The van der Waals surface area contributed by atoms with Crippen LogP contribution >= 0.6 is 0 Å². The second-order valence-corrected chi connectivity index (χ2v) is 4.17. The molecule has 2 N–H and O–H groups in total. The highest BCUT2D eigenvalue weighted by molar-refractivity contribution is 5.70. The Balaban J connectivity index is 2.50. The van der Waals surface area contributed by atoms with E-state index in [0.717, 1.165) is 17.1 Å². The van der Waals surface area contributed by atoms with Gasteiger partial charge >= 0.3 is 0 Å². The van der Waals surface area contributed by atoms with Gasteiger partial charge in [-0.25, -0.2) is 4.39 Å². The lowest BCUT2D eigenvalue weighted by Gasteiger charge is -2.24. The van der Waals surface area contributed by atoms with Crippen molar-refractivity contribution >= 4 is 11.4 Å². The normalized spacial score (nSPS) is 10.3. The molecular weight excluding hydrogens is 243 g/mol. The first-order chi connectivity index (χ1) is 9.19. The standard InChI is InChI=1S/C15H17FN2O/c1-18(14-7-3-4-9-15(14)19-2)13-8-5-6-12(16)11(13)10-17/h3-9H,10,17H2,1-2H3. The minimum Gasteiger partial charge on any atom is -0.495 e. The number of anilines is 2. The minimum atomic E-state index is -0.290. The van der Waals surface area contributed by atoms with Crippen LogP contribution in [0.2, 0.25) is 0 Å². The van der Waals surface area contributed by atoms with Crippen LogP contribution in [0.1, 0.15) is 5.56 Å². The quantitative estimate of drug-likeness (QED) is 0.918. The minimum absolute atomic E-state index is 0.154. The van der Waals surface area contributed by atoms with Gasteiger partial charge < -0.3 is 15.4 Å². The van der Waals surface area contributed by atoms with Gasteiger partial charge in [0.15, 0.2) is 0 Å². The zero-order valence-corrected chi connectivity index (χ0v) is 11.1. The van der Waals surface area contributed by atoms with Gasteiger partial charge in [0.2, 0.25) is 0 Å². The highest BCUT2D eigenvalue weighted by Crippen LogP contribution is 2.34. The number of hydrogen-bond acceptors (Lipinski definition) is 3. The first kappa shape index (κ1) is 13.4. The number of nitrogens with two attached hydrogens (primary N) is 1. The molecule has 0 unspecified atom stereocenters. The molecule has 19 heavy (non-hydrogen) atoms. The molecule has 0 radical (unpaired) electrons. The molecule has 0 spiro atoms. The summed E-state index contributed by atoms with van der Waals surface area (Å²) in [4.78, 5) is 1.88. The summed E-state index contributed by atoms with van der Waals surface area (Å²) in [6.07, 6.45) is 0. The average molecular weight is 260 g/mol. The molecule has 0 fully saturated rings. The molecule has 2 rings (SSSR count). The smallest absolute Gasteiger partial charge is 0.142 e. The van der Waals surface area contributed by atoms with Crippen molar-refractivity contribution in [3.8, 4) is 5.75 Å². The van der Waals surface area contributed by atoms with Crippen LogP contribution < -0.4 is 15.4 Å². The highest BCUT2D eigenvalue weighted by atomic mass is 19.1. The van der Waals surface area contributed by atoms with Crippen molar-refractivity contribution in [1.82, 2.24) is 0 Å². The first-order valence-electron chi connectivity index (χ1n) is 6.03. The molecule has 0 aliphatic heterocycles. The molecular formula is C15H17FN2O. The van der Waals surface area contributed by atoms with Crippen molar-refractivity contribution < 1.29 is 9.13 Å². The van der Waals surface area contributed by atoms with Crippen LogP contribution in [0.5, 0.6) is 5.75 Å². The SMILES string of the molecule is COc1ccccc1N(C)c1cccc(F)c1CN. The Morgan fingerprint density at radius 1 is 1.11 bits per heavy atom. The largest absolute Gasteiger partial charge is 0.495 e. The Labute approximate surface area is 112 Å². The van der Waals surface area contributed by atoms with Crippen LogP contribution in [0.3, 0.4) is 0 Å². The Bertz CT molecular complexity index is 572. The van der Waals surface area contributed by atoms with Crippen molar-refractivity contribution in [3.05, 3.63) is 53.8 Å². The first-order valence-corrected chi connectivity index (χ1v) is 6.03. The summed E-state index contributed by atoms with van der Waals surface area (Å²) < 4.78 is 19.1. The summed E-state index contributed by atoms with van der Waals surface area (Å²) in [5, 5.41) is 0. The van der Waals surface area contributed by atoms with Crippen LogP contribution in [0.15, 0.2) is 42.5 Å². The molecule has 0 aromatic heterocycles. The summed E-state index contributed by atoms with van der Waals surface area (Å²) in [7, 11) is 3.48. The Kier molecular flexibility index (Phi) is 4.02.